The molecule has 0 spiro atoms. The number of primary amides is 1. The molecule has 2 unspecified atom stereocenters. The first kappa shape index (κ1) is 11.9. The van der Waals surface area contributed by atoms with Gasteiger partial charge in [0.1, 0.15) is 0 Å². The highest BCUT2D eigenvalue weighted by Crippen LogP contribution is 2.20. The van der Waals surface area contributed by atoms with Crippen molar-refractivity contribution in [2.75, 3.05) is 18.0 Å². The summed E-state index contributed by atoms with van der Waals surface area (Å²) >= 11 is 0. The van der Waals surface area contributed by atoms with Crippen LogP contribution in [0, 0.1) is 0 Å². The number of nitrogens with one attached hydrogen (secondary N) is 1. The lowest BCUT2D eigenvalue weighted by Crippen LogP contribution is -2.54. The Hall–Kier alpha value is -1.55. The van der Waals surface area contributed by atoms with E-state index in [9.17, 15) is 4.79 Å². The fourth-order valence-electron chi connectivity index (χ4n) is 2.20. The van der Waals surface area contributed by atoms with Crippen LogP contribution in [0.15, 0.2) is 24.3 Å². The topological polar surface area (TPSA) is 58.4 Å². The Balaban J connectivity index is 2.18. The van der Waals surface area contributed by atoms with E-state index in [-0.39, 0.29) is 5.91 Å². The van der Waals surface area contributed by atoms with Gasteiger partial charge in [-0.2, -0.15) is 0 Å². The lowest BCUT2D eigenvalue weighted by molar-refractivity contribution is 0.100. The Morgan fingerprint density at radius 3 is 2.59 bits per heavy atom. The smallest absolute Gasteiger partial charge is 0.248 e. The maximum absolute atomic E-state index is 11.0. The van der Waals surface area contributed by atoms with Crippen LogP contribution >= 0.6 is 0 Å². The van der Waals surface area contributed by atoms with E-state index >= 15 is 0 Å². The summed E-state index contributed by atoms with van der Waals surface area (Å²) in [6.45, 7) is 6.34. The fraction of sp³-hybridized carbons (Fsp3) is 0.462. The van der Waals surface area contributed by atoms with Crippen LogP contribution in [0.1, 0.15) is 24.2 Å². The number of nitrogens with zero attached hydrogens (tertiary/aromatic N) is 1. The predicted octanol–water partition coefficient (Wildman–Crippen LogP) is 0.972. The zero-order valence-electron chi connectivity index (χ0n) is 10.3. The van der Waals surface area contributed by atoms with Gasteiger partial charge in [0.15, 0.2) is 0 Å². The SMILES string of the molecule is CC1CN(c2ccc(C(N)=O)cc2)C(C)CN1. The first-order valence-electron chi connectivity index (χ1n) is 5.98. The van der Waals surface area contributed by atoms with Gasteiger partial charge in [-0.25, -0.2) is 0 Å². The van der Waals surface area contributed by atoms with Gasteiger partial charge >= 0.3 is 0 Å². The van der Waals surface area contributed by atoms with E-state index in [0.717, 1.165) is 18.8 Å². The maximum atomic E-state index is 11.0. The van der Waals surface area contributed by atoms with Crippen molar-refractivity contribution < 1.29 is 4.79 Å². The van der Waals surface area contributed by atoms with Crippen LogP contribution in [0.4, 0.5) is 5.69 Å². The molecule has 1 aromatic carbocycles. The molecule has 4 heteroatoms. The van der Waals surface area contributed by atoms with Crippen molar-refractivity contribution >= 4 is 11.6 Å². The highest BCUT2D eigenvalue weighted by atomic mass is 16.1. The van der Waals surface area contributed by atoms with Crippen molar-refractivity contribution in [2.24, 2.45) is 5.73 Å². The zero-order chi connectivity index (χ0) is 12.4. The highest BCUT2D eigenvalue weighted by Gasteiger charge is 2.22. The first-order chi connectivity index (χ1) is 8.08. The number of hydrogen-bond donors (Lipinski definition) is 2. The Labute approximate surface area is 102 Å². The number of piperazine rings is 1. The van der Waals surface area contributed by atoms with Crippen LogP contribution in [-0.2, 0) is 0 Å². The van der Waals surface area contributed by atoms with Crippen molar-refractivity contribution in [2.45, 2.75) is 25.9 Å². The number of rotatable bonds is 2. The number of carbonyl (C=O) groups excluding carboxylic acids is 1. The molecule has 1 amide bonds. The fourth-order valence-corrected chi connectivity index (χ4v) is 2.20. The third-order valence-corrected chi connectivity index (χ3v) is 3.25. The van der Waals surface area contributed by atoms with Gasteiger partial charge in [0.05, 0.1) is 0 Å². The van der Waals surface area contributed by atoms with Crippen LogP contribution in [0.2, 0.25) is 0 Å². The molecular weight excluding hydrogens is 214 g/mol. The van der Waals surface area contributed by atoms with E-state index in [4.69, 9.17) is 5.73 Å². The third-order valence-electron chi connectivity index (χ3n) is 3.25. The second-order valence-electron chi connectivity index (χ2n) is 4.72. The van der Waals surface area contributed by atoms with Gasteiger partial charge in [0.25, 0.3) is 0 Å². The minimum absolute atomic E-state index is 0.377. The lowest BCUT2D eigenvalue weighted by atomic mass is 10.1. The highest BCUT2D eigenvalue weighted by molar-refractivity contribution is 5.93. The molecule has 1 aromatic rings. The molecule has 4 nitrogen and oxygen atoms in total. The van der Waals surface area contributed by atoms with Crippen LogP contribution in [0.5, 0.6) is 0 Å². The summed E-state index contributed by atoms with van der Waals surface area (Å²) in [6.07, 6.45) is 0. The number of carbonyl (C=O) groups is 1. The van der Waals surface area contributed by atoms with E-state index in [1.54, 1.807) is 12.1 Å². The minimum atomic E-state index is -0.377. The van der Waals surface area contributed by atoms with E-state index in [1.807, 2.05) is 12.1 Å². The number of benzene rings is 1. The van der Waals surface area contributed by atoms with Crippen molar-refractivity contribution in [3.8, 4) is 0 Å². The molecule has 0 bridgehead atoms. The Bertz CT molecular complexity index is 402. The molecule has 17 heavy (non-hydrogen) atoms. The standard InChI is InChI=1S/C13H19N3O/c1-9-8-16(10(2)7-15-9)12-5-3-11(4-6-12)13(14)17/h3-6,9-10,15H,7-8H2,1-2H3,(H2,14,17). The Morgan fingerprint density at radius 2 is 2.00 bits per heavy atom. The molecule has 1 aliphatic rings. The molecule has 2 rings (SSSR count). The minimum Gasteiger partial charge on any atom is -0.366 e. The van der Waals surface area contributed by atoms with Gasteiger partial charge in [-0.15, -0.1) is 0 Å². The summed E-state index contributed by atoms with van der Waals surface area (Å²) in [5.74, 6) is -0.377. The molecule has 92 valence electrons. The molecule has 0 radical (unpaired) electrons. The molecule has 0 aliphatic carbocycles. The molecule has 1 saturated heterocycles. The molecule has 1 aliphatic heterocycles. The largest absolute Gasteiger partial charge is 0.366 e. The molecule has 1 fully saturated rings. The van der Waals surface area contributed by atoms with Crippen LogP contribution in [0.3, 0.4) is 0 Å². The van der Waals surface area contributed by atoms with Crippen molar-refractivity contribution in [1.29, 1.82) is 0 Å². The van der Waals surface area contributed by atoms with Gasteiger partial charge in [0, 0.05) is 36.4 Å². The second kappa shape index (κ2) is 4.75. The van der Waals surface area contributed by atoms with Crippen LogP contribution < -0.4 is 16.0 Å². The van der Waals surface area contributed by atoms with E-state index in [0.29, 0.717) is 17.6 Å². The van der Waals surface area contributed by atoms with E-state index < -0.39 is 0 Å². The molecule has 3 N–H and O–H groups in total. The molecule has 1 heterocycles. The van der Waals surface area contributed by atoms with Gasteiger partial charge in [-0.3, -0.25) is 4.79 Å². The zero-order valence-corrected chi connectivity index (χ0v) is 10.3. The Kier molecular flexibility index (Phi) is 3.33. The summed E-state index contributed by atoms with van der Waals surface area (Å²) in [5.41, 5.74) is 6.94. The maximum Gasteiger partial charge on any atom is 0.248 e. The average molecular weight is 233 g/mol. The summed E-state index contributed by atoms with van der Waals surface area (Å²) in [7, 11) is 0. The summed E-state index contributed by atoms with van der Waals surface area (Å²) < 4.78 is 0. The number of hydrogen-bond acceptors (Lipinski definition) is 3. The van der Waals surface area contributed by atoms with Crippen LogP contribution in [-0.4, -0.2) is 31.1 Å². The summed E-state index contributed by atoms with van der Waals surface area (Å²) in [4.78, 5) is 13.4. The number of amides is 1. The molecular formula is C13H19N3O. The van der Waals surface area contributed by atoms with Crippen molar-refractivity contribution in [3.05, 3.63) is 29.8 Å². The third kappa shape index (κ3) is 2.58. The van der Waals surface area contributed by atoms with E-state index in [1.165, 1.54) is 0 Å². The quantitative estimate of drug-likeness (QED) is 0.800. The Morgan fingerprint density at radius 1 is 1.35 bits per heavy atom. The van der Waals surface area contributed by atoms with E-state index in [2.05, 4.69) is 24.1 Å². The summed E-state index contributed by atoms with van der Waals surface area (Å²) in [5, 5.41) is 3.45. The molecule has 2 atom stereocenters. The first-order valence-corrected chi connectivity index (χ1v) is 5.98. The number of nitrogens with two attached hydrogens (primary N) is 1. The molecule has 0 aromatic heterocycles. The molecule has 0 saturated carbocycles. The average Bonchev–Trinajstić information content (AvgIpc) is 2.32. The van der Waals surface area contributed by atoms with Gasteiger partial charge in [0.2, 0.25) is 5.91 Å². The van der Waals surface area contributed by atoms with Gasteiger partial charge in [-0.1, -0.05) is 0 Å². The van der Waals surface area contributed by atoms with Crippen LogP contribution in [0.25, 0.3) is 0 Å². The second-order valence-corrected chi connectivity index (χ2v) is 4.72. The van der Waals surface area contributed by atoms with Gasteiger partial charge < -0.3 is 16.0 Å². The van der Waals surface area contributed by atoms with Gasteiger partial charge in [-0.05, 0) is 38.1 Å². The monoisotopic (exact) mass is 233 g/mol. The summed E-state index contributed by atoms with van der Waals surface area (Å²) in [6, 6.07) is 8.46. The lowest BCUT2D eigenvalue weighted by Gasteiger charge is -2.39. The van der Waals surface area contributed by atoms with Crippen molar-refractivity contribution in [3.63, 3.8) is 0 Å². The predicted molar refractivity (Wildman–Crippen MR) is 69.2 cm³/mol. The van der Waals surface area contributed by atoms with Crippen molar-refractivity contribution in [1.82, 2.24) is 5.32 Å². The normalized spacial score (nSPS) is 24.7. The number of anilines is 1.